The summed E-state index contributed by atoms with van der Waals surface area (Å²) in [6.07, 6.45) is 0.172. The number of thioether (sulfide) groups is 1. The number of nitrogens with one attached hydrogen (secondary N) is 1. The molecule has 0 saturated heterocycles. The van der Waals surface area contributed by atoms with E-state index in [0.29, 0.717) is 6.54 Å². The van der Waals surface area contributed by atoms with Gasteiger partial charge in [0.15, 0.2) is 0 Å². The van der Waals surface area contributed by atoms with Crippen LogP contribution in [-0.4, -0.2) is 36.1 Å². The maximum atomic E-state index is 12.5. The molecule has 1 aliphatic rings. The SMILES string of the molecule is COc1cccc(CN(C)C(=O)CC2Sc3ccccc3NC2=O)c1. The molecular weight excluding hydrogens is 336 g/mol. The first-order chi connectivity index (χ1) is 12.1. The Hall–Kier alpha value is -2.47. The second kappa shape index (κ2) is 7.61. The number of nitrogens with zero attached hydrogens (tertiary/aromatic N) is 1. The molecule has 1 N–H and O–H groups in total. The van der Waals surface area contributed by atoms with E-state index in [9.17, 15) is 9.59 Å². The summed E-state index contributed by atoms with van der Waals surface area (Å²) in [5, 5.41) is 2.46. The van der Waals surface area contributed by atoms with Crippen molar-refractivity contribution in [3.63, 3.8) is 0 Å². The molecule has 0 saturated carbocycles. The number of carbonyl (C=O) groups excluding carboxylic acids is 2. The Morgan fingerprint density at radius 2 is 2.04 bits per heavy atom. The first kappa shape index (κ1) is 17.4. The van der Waals surface area contributed by atoms with Crippen LogP contribution in [0.4, 0.5) is 5.69 Å². The highest BCUT2D eigenvalue weighted by atomic mass is 32.2. The normalized spacial score (nSPS) is 15.9. The lowest BCUT2D eigenvalue weighted by Gasteiger charge is -2.25. The number of methoxy groups -OCH3 is 1. The van der Waals surface area contributed by atoms with E-state index in [-0.39, 0.29) is 18.2 Å². The van der Waals surface area contributed by atoms with Crippen LogP contribution >= 0.6 is 11.8 Å². The van der Waals surface area contributed by atoms with E-state index in [1.807, 2.05) is 48.5 Å². The van der Waals surface area contributed by atoms with Crippen LogP contribution in [0.15, 0.2) is 53.4 Å². The van der Waals surface area contributed by atoms with Crippen molar-refractivity contribution < 1.29 is 14.3 Å². The minimum Gasteiger partial charge on any atom is -0.497 e. The van der Waals surface area contributed by atoms with Gasteiger partial charge in [0.25, 0.3) is 0 Å². The number of amides is 2. The first-order valence-electron chi connectivity index (χ1n) is 8.00. The van der Waals surface area contributed by atoms with Crippen molar-refractivity contribution in [3.05, 3.63) is 54.1 Å². The molecular formula is C19H20N2O3S. The van der Waals surface area contributed by atoms with E-state index in [0.717, 1.165) is 21.9 Å². The van der Waals surface area contributed by atoms with Crippen LogP contribution in [0.3, 0.4) is 0 Å². The minimum absolute atomic E-state index is 0.0603. The van der Waals surface area contributed by atoms with Crippen molar-refractivity contribution in [2.45, 2.75) is 23.1 Å². The van der Waals surface area contributed by atoms with Crippen molar-refractivity contribution >= 4 is 29.3 Å². The quantitative estimate of drug-likeness (QED) is 0.894. The Bertz CT molecular complexity index is 794. The average Bonchev–Trinajstić information content (AvgIpc) is 2.62. The molecule has 1 atom stereocenters. The number of carbonyl (C=O) groups is 2. The predicted octanol–water partition coefficient (Wildman–Crippen LogP) is 3.16. The van der Waals surface area contributed by atoms with E-state index >= 15 is 0 Å². The maximum absolute atomic E-state index is 12.5. The Kier molecular flexibility index (Phi) is 5.28. The zero-order valence-corrected chi connectivity index (χ0v) is 15.0. The molecule has 0 aromatic heterocycles. The number of fused-ring (bicyclic) bond motifs is 1. The van der Waals surface area contributed by atoms with Gasteiger partial charge in [-0.2, -0.15) is 0 Å². The van der Waals surface area contributed by atoms with Crippen LogP contribution in [-0.2, 0) is 16.1 Å². The summed E-state index contributed by atoms with van der Waals surface area (Å²) in [5.41, 5.74) is 1.80. The van der Waals surface area contributed by atoms with Gasteiger partial charge in [-0.05, 0) is 29.8 Å². The van der Waals surface area contributed by atoms with Crippen LogP contribution in [0.1, 0.15) is 12.0 Å². The Morgan fingerprint density at radius 3 is 2.84 bits per heavy atom. The van der Waals surface area contributed by atoms with E-state index < -0.39 is 5.25 Å². The van der Waals surface area contributed by atoms with E-state index in [1.165, 1.54) is 11.8 Å². The number of benzene rings is 2. The highest BCUT2D eigenvalue weighted by Gasteiger charge is 2.29. The number of hydrogen-bond acceptors (Lipinski definition) is 4. The Balaban J connectivity index is 1.62. The summed E-state index contributed by atoms with van der Waals surface area (Å²) in [4.78, 5) is 27.4. The van der Waals surface area contributed by atoms with Gasteiger partial charge < -0.3 is 15.0 Å². The van der Waals surface area contributed by atoms with Crippen LogP contribution in [0.25, 0.3) is 0 Å². The third-order valence-electron chi connectivity index (χ3n) is 4.05. The second-order valence-electron chi connectivity index (χ2n) is 5.90. The fraction of sp³-hybridized carbons (Fsp3) is 0.263. The molecule has 5 nitrogen and oxygen atoms in total. The number of anilines is 1. The van der Waals surface area contributed by atoms with E-state index in [2.05, 4.69) is 5.32 Å². The fourth-order valence-corrected chi connectivity index (χ4v) is 3.78. The highest BCUT2D eigenvalue weighted by Crippen LogP contribution is 2.36. The summed E-state index contributed by atoms with van der Waals surface area (Å²) >= 11 is 1.44. The van der Waals surface area contributed by atoms with Gasteiger partial charge in [-0.3, -0.25) is 9.59 Å². The average molecular weight is 356 g/mol. The summed E-state index contributed by atoms with van der Waals surface area (Å²) in [5.74, 6) is 0.582. The number of hydrogen-bond donors (Lipinski definition) is 1. The molecule has 2 aromatic carbocycles. The van der Waals surface area contributed by atoms with Gasteiger partial charge in [-0.1, -0.05) is 24.3 Å². The molecule has 0 radical (unpaired) electrons. The number of para-hydroxylation sites is 1. The Morgan fingerprint density at radius 1 is 1.24 bits per heavy atom. The summed E-state index contributed by atoms with van der Waals surface area (Å²) in [6.45, 7) is 0.478. The lowest BCUT2D eigenvalue weighted by atomic mass is 10.2. The smallest absolute Gasteiger partial charge is 0.238 e. The zero-order chi connectivity index (χ0) is 17.8. The molecule has 0 fully saturated rings. The molecule has 25 heavy (non-hydrogen) atoms. The number of ether oxygens (including phenoxy) is 1. The Labute approximate surface area is 151 Å². The van der Waals surface area contributed by atoms with Crippen molar-refractivity contribution in [2.24, 2.45) is 0 Å². The van der Waals surface area contributed by atoms with Gasteiger partial charge in [0.1, 0.15) is 5.75 Å². The fourth-order valence-electron chi connectivity index (χ4n) is 2.67. The molecule has 2 amide bonds. The van der Waals surface area contributed by atoms with Crippen molar-refractivity contribution in [1.82, 2.24) is 4.90 Å². The molecule has 2 aromatic rings. The third-order valence-corrected chi connectivity index (χ3v) is 5.32. The molecule has 0 bridgehead atoms. The molecule has 1 aliphatic heterocycles. The monoisotopic (exact) mass is 356 g/mol. The van der Waals surface area contributed by atoms with Gasteiger partial charge >= 0.3 is 0 Å². The summed E-state index contributed by atoms with van der Waals surface area (Å²) in [6, 6.07) is 15.3. The molecule has 6 heteroatoms. The molecule has 0 spiro atoms. The van der Waals surface area contributed by atoms with Crippen molar-refractivity contribution in [2.75, 3.05) is 19.5 Å². The summed E-state index contributed by atoms with van der Waals surface area (Å²) < 4.78 is 5.21. The molecule has 1 heterocycles. The highest BCUT2D eigenvalue weighted by molar-refractivity contribution is 8.01. The van der Waals surface area contributed by atoms with Crippen LogP contribution in [0.2, 0.25) is 0 Å². The van der Waals surface area contributed by atoms with Crippen molar-refractivity contribution in [3.8, 4) is 5.75 Å². The van der Waals surface area contributed by atoms with Crippen LogP contribution in [0, 0.1) is 0 Å². The second-order valence-corrected chi connectivity index (χ2v) is 7.14. The largest absolute Gasteiger partial charge is 0.497 e. The summed E-state index contributed by atoms with van der Waals surface area (Å²) in [7, 11) is 3.37. The van der Waals surface area contributed by atoms with Gasteiger partial charge in [-0.25, -0.2) is 0 Å². The van der Waals surface area contributed by atoms with Crippen molar-refractivity contribution in [1.29, 1.82) is 0 Å². The third kappa shape index (κ3) is 4.14. The van der Waals surface area contributed by atoms with E-state index in [4.69, 9.17) is 4.74 Å². The van der Waals surface area contributed by atoms with Gasteiger partial charge in [0.2, 0.25) is 11.8 Å². The van der Waals surface area contributed by atoms with Gasteiger partial charge in [0.05, 0.1) is 18.0 Å². The van der Waals surface area contributed by atoms with Crippen LogP contribution < -0.4 is 10.1 Å². The molecule has 1 unspecified atom stereocenters. The van der Waals surface area contributed by atoms with E-state index in [1.54, 1.807) is 19.1 Å². The molecule has 3 rings (SSSR count). The van der Waals surface area contributed by atoms with Crippen LogP contribution in [0.5, 0.6) is 5.75 Å². The standard InChI is InChI=1S/C19H20N2O3S/c1-21(12-13-6-5-7-14(10-13)24-2)18(22)11-17-19(23)20-15-8-3-4-9-16(15)25-17/h3-10,17H,11-12H2,1-2H3,(H,20,23). The topological polar surface area (TPSA) is 58.6 Å². The maximum Gasteiger partial charge on any atom is 0.238 e. The molecule has 130 valence electrons. The first-order valence-corrected chi connectivity index (χ1v) is 8.88. The van der Waals surface area contributed by atoms with Gasteiger partial charge in [0, 0.05) is 24.9 Å². The van der Waals surface area contributed by atoms with Gasteiger partial charge in [-0.15, -0.1) is 11.8 Å². The zero-order valence-electron chi connectivity index (χ0n) is 14.2. The lowest BCUT2D eigenvalue weighted by Crippen LogP contribution is -2.35. The lowest BCUT2D eigenvalue weighted by molar-refractivity contribution is -0.131. The molecule has 0 aliphatic carbocycles. The minimum atomic E-state index is -0.407. The predicted molar refractivity (Wildman–Crippen MR) is 98.8 cm³/mol. The number of rotatable bonds is 5.